The van der Waals surface area contributed by atoms with Crippen LogP contribution in [0.25, 0.3) is 0 Å². The summed E-state index contributed by atoms with van der Waals surface area (Å²) in [7, 11) is 0. The number of Topliss-reactive ketones (excluding diaryl/α,β-unsaturated/α-hetero) is 1. The van der Waals surface area contributed by atoms with E-state index in [-0.39, 0.29) is 12.2 Å². The maximum Gasteiger partial charge on any atom is 0.303 e. The van der Waals surface area contributed by atoms with Gasteiger partial charge in [0.2, 0.25) is 0 Å². The lowest BCUT2D eigenvalue weighted by Gasteiger charge is -2.35. The van der Waals surface area contributed by atoms with Gasteiger partial charge in [-0.1, -0.05) is 24.3 Å². The molecule has 1 saturated heterocycles. The summed E-state index contributed by atoms with van der Waals surface area (Å²) in [5.74, 6) is -0.705. The number of carbonyl (C=O) groups excluding carboxylic acids is 1. The van der Waals surface area contributed by atoms with Gasteiger partial charge in [-0.25, -0.2) is 0 Å². The molecule has 0 radical (unpaired) electrons. The molecule has 1 N–H and O–H groups in total. The Kier molecular flexibility index (Phi) is 5.96. The normalized spacial score (nSPS) is 15.0. The van der Waals surface area contributed by atoms with Crippen LogP contribution in [-0.2, 0) is 11.2 Å². The van der Waals surface area contributed by atoms with Crippen molar-refractivity contribution in [3.8, 4) is 0 Å². The monoisotopic (exact) mass is 353 g/mol. The van der Waals surface area contributed by atoms with E-state index in [4.69, 9.17) is 5.11 Å². The van der Waals surface area contributed by atoms with Crippen LogP contribution in [0.4, 0.5) is 5.69 Å². The van der Waals surface area contributed by atoms with Crippen LogP contribution in [0.3, 0.4) is 0 Å². The van der Waals surface area contributed by atoms with E-state index >= 15 is 0 Å². The van der Waals surface area contributed by atoms with Crippen molar-refractivity contribution in [2.24, 2.45) is 0 Å². The van der Waals surface area contributed by atoms with Crippen LogP contribution in [0.15, 0.2) is 48.8 Å². The number of hydrogen-bond acceptors (Lipinski definition) is 5. The van der Waals surface area contributed by atoms with Gasteiger partial charge in [0.15, 0.2) is 5.78 Å². The van der Waals surface area contributed by atoms with Gasteiger partial charge in [0.05, 0.1) is 6.54 Å². The molecule has 136 valence electrons. The van der Waals surface area contributed by atoms with Gasteiger partial charge in [0.1, 0.15) is 0 Å². The van der Waals surface area contributed by atoms with Gasteiger partial charge in [-0.3, -0.25) is 19.5 Å². The van der Waals surface area contributed by atoms with Crippen LogP contribution in [0.1, 0.15) is 22.3 Å². The zero-order valence-electron chi connectivity index (χ0n) is 14.7. The average molecular weight is 353 g/mol. The van der Waals surface area contributed by atoms with E-state index in [2.05, 4.69) is 14.8 Å². The molecule has 0 amide bonds. The first-order chi connectivity index (χ1) is 12.6. The number of nitrogens with zero attached hydrogens (tertiary/aromatic N) is 3. The summed E-state index contributed by atoms with van der Waals surface area (Å²) in [5, 5.41) is 8.73. The van der Waals surface area contributed by atoms with Gasteiger partial charge in [-0.15, -0.1) is 0 Å². The Morgan fingerprint density at radius 1 is 0.962 bits per heavy atom. The Morgan fingerprint density at radius 2 is 1.62 bits per heavy atom. The third kappa shape index (κ3) is 4.89. The van der Waals surface area contributed by atoms with Crippen molar-refractivity contribution in [3.63, 3.8) is 0 Å². The molecule has 0 saturated carbocycles. The number of aromatic nitrogens is 1. The molecule has 0 unspecified atom stereocenters. The summed E-state index contributed by atoms with van der Waals surface area (Å²) in [5.41, 5.74) is 2.79. The fourth-order valence-corrected chi connectivity index (χ4v) is 3.12. The molecule has 0 atom stereocenters. The van der Waals surface area contributed by atoms with Crippen molar-refractivity contribution in [1.29, 1.82) is 0 Å². The molecule has 1 aromatic carbocycles. The fourth-order valence-electron chi connectivity index (χ4n) is 3.12. The smallest absolute Gasteiger partial charge is 0.303 e. The van der Waals surface area contributed by atoms with Gasteiger partial charge in [0.25, 0.3) is 0 Å². The minimum atomic E-state index is -0.809. The summed E-state index contributed by atoms with van der Waals surface area (Å²) in [6.45, 7) is 3.91. The predicted octanol–water partition coefficient (Wildman–Crippen LogP) is 2.10. The number of anilines is 1. The van der Waals surface area contributed by atoms with Crippen LogP contribution >= 0.6 is 0 Å². The maximum absolute atomic E-state index is 12.5. The summed E-state index contributed by atoms with van der Waals surface area (Å²) in [6.07, 6.45) is 4.19. The summed E-state index contributed by atoms with van der Waals surface area (Å²) in [6, 6.07) is 11.3. The van der Waals surface area contributed by atoms with Crippen LogP contribution in [0, 0.1) is 0 Å². The average Bonchev–Trinajstić information content (AvgIpc) is 2.68. The number of aryl methyl sites for hydroxylation is 1. The first kappa shape index (κ1) is 18.1. The van der Waals surface area contributed by atoms with E-state index in [0.717, 1.165) is 31.7 Å². The van der Waals surface area contributed by atoms with Gasteiger partial charge in [-0.05, 0) is 24.1 Å². The molecule has 1 aliphatic rings. The largest absolute Gasteiger partial charge is 0.481 e. The quantitative estimate of drug-likeness (QED) is 0.769. The Hall–Kier alpha value is -2.73. The third-order valence-corrected chi connectivity index (χ3v) is 4.67. The number of carboxylic acids is 1. The highest BCUT2D eigenvalue weighted by atomic mass is 16.4. The van der Waals surface area contributed by atoms with Gasteiger partial charge >= 0.3 is 5.97 Å². The second kappa shape index (κ2) is 8.58. The van der Waals surface area contributed by atoms with Gasteiger partial charge in [0, 0.05) is 56.2 Å². The molecule has 0 spiro atoms. The van der Waals surface area contributed by atoms with E-state index in [9.17, 15) is 9.59 Å². The highest BCUT2D eigenvalue weighted by molar-refractivity contribution is 5.97. The first-order valence-corrected chi connectivity index (χ1v) is 8.83. The molecule has 2 aromatic rings. The molecule has 1 aromatic heterocycles. The SMILES string of the molecule is O=C(O)CCc1ccc(C(=O)CN2CCN(c3ccncc3)CC2)cc1. The molecule has 1 fully saturated rings. The summed E-state index contributed by atoms with van der Waals surface area (Å²) >= 11 is 0. The zero-order valence-corrected chi connectivity index (χ0v) is 14.7. The summed E-state index contributed by atoms with van der Waals surface area (Å²) < 4.78 is 0. The van der Waals surface area contributed by atoms with Crippen molar-refractivity contribution >= 4 is 17.4 Å². The van der Waals surface area contributed by atoms with Crippen molar-refractivity contribution < 1.29 is 14.7 Å². The minimum Gasteiger partial charge on any atom is -0.481 e. The van der Waals surface area contributed by atoms with Crippen LogP contribution in [0.5, 0.6) is 0 Å². The van der Waals surface area contributed by atoms with E-state index in [1.54, 1.807) is 24.5 Å². The van der Waals surface area contributed by atoms with E-state index in [1.807, 2.05) is 24.3 Å². The van der Waals surface area contributed by atoms with Crippen LogP contribution < -0.4 is 4.90 Å². The molecule has 2 heterocycles. The molecule has 6 nitrogen and oxygen atoms in total. The van der Waals surface area contributed by atoms with Crippen LogP contribution in [-0.4, -0.2) is 59.5 Å². The van der Waals surface area contributed by atoms with Gasteiger partial charge < -0.3 is 10.0 Å². The minimum absolute atomic E-state index is 0.104. The Labute approximate surface area is 153 Å². The van der Waals surface area contributed by atoms with Crippen molar-refractivity contribution in [2.45, 2.75) is 12.8 Å². The zero-order chi connectivity index (χ0) is 18.4. The molecule has 3 rings (SSSR count). The molecular formula is C20H23N3O3. The molecule has 26 heavy (non-hydrogen) atoms. The number of carboxylic acid groups (broad SMARTS) is 1. The third-order valence-electron chi connectivity index (χ3n) is 4.67. The maximum atomic E-state index is 12.5. The number of rotatable bonds is 7. The topological polar surface area (TPSA) is 73.7 Å². The van der Waals surface area contributed by atoms with E-state index in [1.165, 1.54) is 5.69 Å². The Morgan fingerprint density at radius 3 is 2.23 bits per heavy atom. The molecule has 0 aliphatic carbocycles. The van der Waals surface area contributed by atoms with Crippen molar-refractivity contribution in [3.05, 3.63) is 59.9 Å². The Bertz CT molecular complexity index is 739. The van der Waals surface area contributed by atoms with Gasteiger partial charge in [-0.2, -0.15) is 0 Å². The second-order valence-electron chi connectivity index (χ2n) is 6.48. The molecule has 1 aliphatic heterocycles. The lowest BCUT2D eigenvalue weighted by molar-refractivity contribution is -0.136. The number of piperazine rings is 1. The number of ketones is 1. The van der Waals surface area contributed by atoms with E-state index < -0.39 is 5.97 Å². The molecule has 6 heteroatoms. The number of carbonyl (C=O) groups is 2. The summed E-state index contributed by atoms with van der Waals surface area (Å²) in [4.78, 5) is 31.6. The second-order valence-corrected chi connectivity index (χ2v) is 6.48. The standard InChI is InChI=1S/C20H23N3O3/c24-19(17-4-1-16(2-5-17)3-6-20(25)26)15-22-11-13-23(14-12-22)18-7-9-21-10-8-18/h1-2,4-5,7-10H,3,6,11-15H2,(H,25,26). The number of aliphatic carboxylic acids is 1. The van der Waals surface area contributed by atoms with E-state index in [0.29, 0.717) is 18.5 Å². The highest BCUT2D eigenvalue weighted by Crippen LogP contribution is 2.15. The lowest BCUT2D eigenvalue weighted by atomic mass is 10.0. The number of hydrogen-bond donors (Lipinski definition) is 1. The lowest BCUT2D eigenvalue weighted by Crippen LogP contribution is -2.48. The van der Waals surface area contributed by atoms with Crippen molar-refractivity contribution in [1.82, 2.24) is 9.88 Å². The fraction of sp³-hybridized carbons (Fsp3) is 0.350. The highest BCUT2D eigenvalue weighted by Gasteiger charge is 2.19. The number of benzene rings is 1. The van der Waals surface area contributed by atoms with Crippen LogP contribution in [0.2, 0.25) is 0 Å². The van der Waals surface area contributed by atoms with Crippen molar-refractivity contribution in [2.75, 3.05) is 37.6 Å². The number of pyridine rings is 1. The first-order valence-electron chi connectivity index (χ1n) is 8.83. The Balaban J connectivity index is 1.49. The molecule has 0 bridgehead atoms. The molecular weight excluding hydrogens is 330 g/mol. The predicted molar refractivity (Wildman–Crippen MR) is 99.6 cm³/mol.